The summed E-state index contributed by atoms with van der Waals surface area (Å²) in [7, 11) is 0. The Morgan fingerprint density at radius 1 is 1.22 bits per heavy atom. The smallest absolute Gasteiger partial charge is 0.210 e. The third kappa shape index (κ3) is 3.36. The van der Waals surface area contributed by atoms with E-state index < -0.39 is 0 Å². The fourth-order valence-electron chi connectivity index (χ4n) is 1.51. The molecule has 1 aromatic heterocycles. The monoisotopic (exact) mass is 244 g/mol. The van der Waals surface area contributed by atoms with Gasteiger partial charge in [-0.2, -0.15) is 0 Å². The zero-order chi connectivity index (χ0) is 12.8. The van der Waals surface area contributed by atoms with Gasteiger partial charge in [-0.15, -0.1) is 0 Å². The van der Waals surface area contributed by atoms with Crippen LogP contribution in [0.3, 0.4) is 0 Å². The summed E-state index contributed by atoms with van der Waals surface area (Å²) < 4.78 is 5.43. The number of hydrogen-bond donors (Lipinski definition) is 3. The van der Waals surface area contributed by atoms with Gasteiger partial charge in [0, 0.05) is 5.69 Å². The zero-order valence-corrected chi connectivity index (χ0v) is 10.2. The standard InChI is InChI=1S/C13H16N4O/c1-10-7-8-12(18-10)9-15-13(17-14)16-11-5-3-2-4-6-11/h2-8H,9,14H2,1H3,(H2,15,16,17). The number of rotatable bonds is 3. The molecule has 0 unspecified atom stereocenters. The van der Waals surface area contributed by atoms with Crippen molar-refractivity contribution in [3.63, 3.8) is 0 Å². The van der Waals surface area contributed by atoms with E-state index in [0.717, 1.165) is 17.2 Å². The van der Waals surface area contributed by atoms with Gasteiger partial charge in [0.1, 0.15) is 18.1 Å². The molecule has 94 valence electrons. The van der Waals surface area contributed by atoms with Crippen LogP contribution in [0.2, 0.25) is 0 Å². The maximum atomic E-state index is 5.43. The van der Waals surface area contributed by atoms with Crippen LogP contribution in [0, 0.1) is 6.92 Å². The summed E-state index contributed by atoms with van der Waals surface area (Å²) in [5.74, 6) is 7.59. The maximum absolute atomic E-state index is 5.43. The van der Waals surface area contributed by atoms with Crippen LogP contribution in [0.4, 0.5) is 5.69 Å². The second-order valence-electron chi connectivity index (χ2n) is 3.81. The predicted molar refractivity (Wildman–Crippen MR) is 72.0 cm³/mol. The molecule has 5 heteroatoms. The van der Waals surface area contributed by atoms with Crippen molar-refractivity contribution in [1.29, 1.82) is 0 Å². The third-order valence-electron chi connectivity index (χ3n) is 2.36. The summed E-state index contributed by atoms with van der Waals surface area (Å²) in [4.78, 5) is 4.30. The molecule has 0 spiro atoms. The number of hydrazine groups is 1. The first-order valence-electron chi connectivity index (χ1n) is 5.66. The van der Waals surface area contributed by atoms with Crippen LogP contribution in [0.25, 0.3) is 0 Å². The zero-order valence-electron chi connectivity index (χ0n) is 10.2. The van der Waals surface area contributed by atoms with Crippen LogP contribution in [0.5, 0.6) is 0 Å². The Bertz CT molecular complexity index is 519. The highest BCUT2D eigenvalue weighted by Crippen LogP contribution is 2.08. The lowest BCUT2D eigenvalue weighted by molar-refractivity contribution is 0.486. The van der Waals surface area contributed by atoms with Crippen molar-refractivity contribution in [3.8, 4) is 0 Å². The number of anilines is 1. The van der Waals surface area contributed by atoms with E-state index in [2.05, 4.69) is 15.7 Å². The predicted octanol–water partition coefficient (Wildman–Crippen LogP) is 2.02. The molecule has 0 saturated heterocycles. The normalized spacial score (nSPS) is 11.3. The molecule has 0 amide bonds. The van der Waals surface area contributed by atoms with Crippen LogP contribution < -0.4 is 16.6 Å². The number of nitrogens with one attached hydrogen (secondary N) is 2. The summed E-state index contributed by atoms with van der Waals surface area (Å²) in [5.41, 5.74) is 3.45. The summed E-state index contributed by atoms with van der Waals surface area (Å²) in [6.45, 7) is 2.34. The van der Waals surface area contributed by atoms with Crippen molar-refractivity contribution in [3.05, 3.63) is 54.0 Å². The highest BCUT2D eigenvalue weighted by atomic mass is 16.3. The Morgan fingerprint density at radius 2 is 2.00 bits per heavy atom. The third-order valence-corrected chi connectivity index (χ3v) is 2.36. The van der Waals surface area contributed by atoms with Crippen molar-refractivity contribution >= 4 is 11.6 Å². The van der Waals surface area contributed by atoms with E-state index >= 15 is 0 Å². The number of aliphatic imine (C=N–C) groups is 1. The maximum Gasteiger partial charge on any atom is 0.210 e. The summed E-state index contributed by atoms with van der Waals surface area (Å²) in [6.07, 6.45) is 0. The molecule has 4 N–H and O–H groups in total. The Kier molecular flexibility index (Phi) is 3.98. The summed E-state index contributed by atoms with van der Waals surface area (Å²) >= 11 is 0. The average Bonchev–Trinajstić information content (AvgIpc) is 2.81. The molecule has 0 atom stereocenters. The van der Waals surface area contributed by atoms with Gasteiger partial charge in [0.05, 0.1) is 0 Å². The minimum Gasteiger partial charge on any atom is -0.464 e. The molecular formula is C13H16N4O. The van der Waals surface area contributed by atoms with E-state index in [4.69, 9.17) is 10.3 Å². The first-order valence-corrected chi connectivity index (χ1v) is 5.66. The molecule has 1 aromatic carbocycles. The Hall–Kier alpha value is -2.27. The number of aryl methyl sites for hydroxylation is 1. The van der Waals surface area contributed by atoms with Crippen molar-refractivity contribution < 1.29 is 4.42 Å². The van der Waals surface area contributed by atoms with E-state index in [1.165, 1.54) is 0 Å². The first-order chi connectivity index (χ1) is 8.78. The quantitative estimate of drug-likeness (QED) is 0.334. The molecule has 5 nitrogen and oxygen atoms in total. The number of benzene rings is 1. The number of furan rings is 1. The lowest BCUT2D eigenvalue weighted by atomic mass is 10.3. The van der Waals surface area contributed by atoms with Crippen molar-refractivity contribution in [2.45, 2.75) is 13.5 Å². The van der Waals surface area contributed by atoms with Crippen LogP contribution >= 0.6 is 0 Å². The Morgan fingerprint density at radius 3 is 2.61 bits per heavy atom. The van der Waals surface area contributed by atoms with Gasteiger partial charge in [0.15, 0.2) is 0 Å². The van der Waals surface area contributed by atoms with Crippen LogP contribution in [0.1, 0.15) is 11.5 Å². The Labute approximate surface area is 106 Å². The van der Waals surface area contributed by atoms with Crippen molar-refractivity contribution in [2.75, 3.05) is 5.32 Å². The number of nitrogens with two attached hydrogens (primary N) is 1. The molecule has 0 aliphatic rings. The van der Waals surface area contributed by atoms with Crippen LogP contribution in [-0.4, -0.2) is 5.96 Å². The van der Waals surface area contributed by atoms with E-state index in [9.17, 15) is 0 Å². The molecule has 1 heterocycles. The number of nitrogens with zero attached hydrogens (tertiary/aromatic N) is 1. The number of guanidine groups is 1. The lowest BCUT2D eigenvalue weighted by Gasteiger charge is -2.08. The molecule has 2 aromatic rings. The first kappa shape index (κ1) is 12.2. The SMILES string of the molecule is Cc1ccc(CN=C(NN)Nc2ccccc2)o1. The van der Waals surface area contributed by atoms with Gasteiger partial charge >= 0.3 is 0 Å². The molecule has 18 heavy (non-hydrogen) atoms. The summed E-state index contributed by atoms with van der Waals surface area (Å²) in [6, 6.07) is 13.5. The lowest BCUT2D eigenvalue weighted by Crippen LogP contribution is -2.36. The molecule has 0 saturated carbocycles. The van der Waals surface area contributed by atoms with Gasteiger partial charge in [-0.05, 0) is 31.2 Å². The topological polar surface area (TPSA) is 75.6 Å². The van der Waals surface area contributed by atoms with Gasteiger partial charge in [0.25, 0.3) is 0 Å². The molecule has 2 rings (SSSR count). The second kappa shape index (κ2) is 5.88. The molecule has 0 aliphatic carbocycles. The summed E-state index contributed by atoms with van der Waals surface area (Å²) in [5, 5.41) is 3.08. The second-order valence-corrected chi connectivity index (χ2v) is 3.81. The van der Waals surface area contributed by atoms with E-state index in [-0.39, 0.29) is 0 Å². The van der Waals surface area contributed by atoms with Gasteiger partial charge < -0.3 is 9.73 Å². The minimum atomic E-state index is 0.438. The molecule has 0 fully saturated rings. The average molecular weight is 244 g/mol. The number of hydrogen-bond acceptors (Lipinski definition) is 3. The molecule has 0 radical (unpaired) electrons. The van der Waals surface area contributed by atoms with Crippen LogP contribution in [0.15, 0.2) is 51.9 Å². The number of para-hydroxylation sites is 1. The van der Waals surface area contributed by atoms with Crippen molar-refractivity contribution in [1.82, 2.24) is 5.43 Å². The molecule has 0 bridgehead atoms. The molecular weight excluding hydrogens is 228 g/mol. The minimum absolute atomic E-state index is 0.438. The fourth-order valence-corrected chi connectivity index (χ4v) is 1.51. The van der Waals surface area contributed by atoms with Gasteiger partial charge in [-0.3, -0.25) is 5.43 Å². The highest BCUT2D eigenvalue weighted by molar-refractivity contribution is 5.93. The van der Waals surface area contributed by atoms with E-state index in [1.807, 2.05) is 49.4 Å². The molecule has 0 aliphatic heterocycles. The largest absolute Gasteiger partial charge is 0.464 e. The van der Waals surface area contributed by atoms with E-state index in [1.54, 1.807) is 0 Å². The Balaban J connectivity index is 2.00. The fraction of sp³-hybridized carbons (Fsp3) is 0.154. The highest BCUT2D eigenvalue weighted by Gasteiger charge is 2.00. The van der Waals surface area contributed by atoms with Gasteiger partial charge in [-0.25, -0.2) is 10.8 Å². The van der Waals surface area contributed by atoms with Gasteiger partial charge in [-0.1, -0.05) is 18.2 Å². The van der Waals surface area contributed by atoms with Gasteiger partial charge in [0.2, 0.25) is 5.96 Å². The van der Waals surface area contributed by atoms with Crippen molar-refractivity contribution in [2.24, 2.45) is 10.8 Å². The van der Waals surface area contributed by atoms with E-state index in [0.29, 0.717) is 12.5 Å². The van der Waals surface area contributed by atoms with Crippen LogP contribution in [-0.2, 0) is 6.54 Å².